The molecule has 10 heteroatoms. The number of likely N-dealkylation sites (tertiary alicyclic amines) is 1. The van der Waals surface area contributed by atoms with Gasteiger partial charge in [-0.2, -0.15) is 13.2 Å². The highest BCUT2D eigenvalue weighted by Gasteiger charge is 2.37. The topological polar surface area (TPSA) is 90.9 Å². The number of hydrogen-bond donors (Lipinski definition) is 3. The molecule has 3 aliphatic rings. The first-order valence-electron chi connectivity index (χ1n) is 12.4. The number of alkyl halides is 3. The third kappa shape index (κ3) is 5.35. The zero-order valence-electron chi connectivity index (χ0n) is 20.1. The van der Waals surface area contributed by atoms with Gasteiger partial charge in [0.25, 0.3) is 0 Å². The summed E-state index contributed by atoms with van der Waals surface area (Å²) in [4.78, 5) is 27.7. The van der Waals surface area contributed by atoms with E-state index in [2.05, 4.69) is 15.5 Å². The van der Waals surface area contributed by atoms with Gasteiger partial charge in [-0.05, 0) is 74.1 Å². The minimum absolute atomic E-state index is 0.0107. The summed E-state index contributed by atoms with van der Waals surface area (Å²) in [6.45, 7) is 1.06. The van der Waals surface area contributed by atoms with Gasteiger partial charge in [-0.1, -0.05) is 12.1 Å². The van der Waals surface area contributed by atoms with Crippen LogP contribution in [0.3, 0.4) is 0 Å². The highest BCUT2D eigenvalue weighted by atomic mass is 19.4. The number of amides is 2. The van der Waals surface area contributed by atoms with E-state index in [4.69, 9.17) is 4.74 Å². The number of nitrogens with zero attached hydrogens (tertiary/aromatic N) is 1. The molecule has 2 atom stereocenters. The molecule has 0 saturated carbocycles. The first-order valence-corrected chi connectivity index (χ1v) is 12.4. The number of rotatable bonds is 4. The van der Waals surface area contributed by atoms with E-state index in [9.17, 15) is 27.9 Å². The normalized spacial score (nSPS) is 23.0. The zero-order chi connectivity index (χ0) is 26.2. The molecular formula is C27H28F3N3O4. The Kier molecular flexibility index (Phi) is 6.96. The predicted octanol–water partition coefficient (Wildman–Crippen LogP) is 4.22. The van der Waals surface area contributed by atoms with Crippen molar-refractivity contribution in [3.63, 3.8) is 0 Å². The van der Waals surface area contributed by atoms with Crippen molar-refractivity contribution in [3.05, 3.63) is 59.2 Å². The molecule has 2 aromatic carbocycles. The molecule has 3 N–H and O–H groups in total. The van der Waals surface area contributed by atoms with Crippen molar-refractivity contribution in [3.8, 4) is 5.75 Å². The second-order valence-electron chi connectivity index (χ2n) is 9.62. The van der Waals surface area contributed by atoms with E-state index >= 15 is 0 Å². The Morgan fingerprint density at radius 1 is 1.22 bits per heavy atom. The Labute approximate surface area is 212 Å². The van der Waals surface area contributed by atoms with Gasteiger partial charge in [0.1, 0.15) is 5.75 Å². The molecule has 5 rings (SSSR count). The summed E-state index contributed by atoms with van der Waals surface area (Å²) in [6, 6.07) is 8.28. The molecule has 0 radical (unpaired) electrons. The van der Waals surface area contributed by atoms with E-state index in [0.29, 0.717) is 41.8 Å². The van der Waals surface area contributed by atoms with Crippen molar-refractivity contribution in [1.29, 1.82) is 0 Å². The monoisotopic (exact) mass is 515 g/mol. The van der Waals surface area contributed by atoms with E-state index in [1.54, 1.807) is 12.1 Å². The lowest BCUT2D eigenvalue weighted by atomic mass is 9.96. The molecule has 2 amide bonds. The minimum atomic E-state index is -4.48. The van der Waals surface area contributed by atoms with E-state index in [1.165, 1.54) is 12.1 Å². The molecular weight excluding hydrogens is 487 g/mol. The number of hydrogen-bond acceptors (Lipinski definition) is 5. The number of allylic oxidation sites excluding steroid dienone is 1. The molecule has 1 saturated heterocycles. The van der Waals surface area contributed by atoms with Crippen LogP contribution in [0, 0.1) is 0 Å². The van der Waals surface area contributed by atoms with Crippen molar-refractivity contribution >= 4 is 28.8 Å². The van der Waals surface area contributed by atoms with Crippen molar-refractivity contribution in [2.75, 3.05) is 30.4 Å². The number of aliphatic hydroxyl groups is 1. The minimum Gasteiger partial charge on any atom is -0.493 e. The molecule has 0 bridgehead atoms. The lowest BCUT2D eigenvalue weighted by Crippen LogP contribution is -2.50. The highest BCUT2D eigenvalue weighted by molar-refractivity contribution is 6.05. The van der Waals surface area contributed by atoms with Gasteiger partial charge in [0.2, 0.25) is 11.8 Å². The highest BCUT2D eigenvalue weighted by Crippen LogP contribution is 2.38. The van der Waals surface area contributed by atoms with Crippen LogP contribution in [0.4, 0.5) is 24.5 Å². The number of anilines is 2. The van der Waals surface area contributed by atoms with Crippen LogP contribution >= 0.6 is 0 Å². The third-order valence-corrected chi connectivity index (χ3v) is 7.19. The first kappa shape index (κ1) is 25.3. The van der Waals surface area contributed by atoms with Gasteiger partial charge in [0, 0.05) is 29.1 Å². The lowest BCUT2D eigenvalue weighted by Gasteiger charge is -2.34. The fraction of sp³-hybridized carbons (Fsp3) is 0.407. The van der Waals surface area contributed by atoms with Crippen LogP contribution in [0.25, 0.3) is 5.57 Å². The molecule has 7 nitrogen and oxygen atoms in total. The lowest BCUT2D eigenvalue weighted by molar-refractivity contribution is -0.137. The fourth-order valence-electron chi connectivity index (χ4n) is 5.35. The van der Waals surface area contributed by atoms with Crippen molar-refractivity contribution < 1.29 is 32.6 Å². The number of fused-ring (bicyclic) bond motifs is 2. The molecule has 0 spiro atoms. The van der Waals surface area contributed by atoms with Crippen LogP contribution in [-0.2, 0) is 22.2 Å². The Balaban J connectivity index is 1.31. The average Bonchev–Trinajstić information content (AvgIpc) is 3.24. The molecule has 1 unspecified atom stereocenters. The number of benzene rings is 2. The first-order chi connectivity index (χ1) is 17.7. The molecule has 1 fully saturated rings. The van der Waals surface area contributed by atoms with Gasteiger partial charge >= 0.3 is 6.18 Å². The fourth-order valence-corrected chi connectivity index (χ4v) is 5.35. The Morgan fingerprint density at radius 2 is 2.05 bits per heavy atom. The second-order valence-corrected chi connectivity index (χ2v) is 9.62. The maximum atomic E-state index is 13.1. The average molecular weight is 516 g/mol. The zero-order valence-corrected chi connectivity index (χ0v) is 20.1. The van der Waals surface area contributed by atoms with Crippen LogP contribution < -0.4 is 15.4 Å². The summed E-state index contributed by atoms with van der Waals surface area (Å²) in [7, 11) is 0. The van der Waals surface area contributed by atoms with E-state index < -0.39 is 17.6 Å². The summed E-state index contributed by atoms with van der Waals surface area (Å²) in [5.74, 6) is -0.448. The van der Waals surface area contributed by atoms with Gasteiger partial charge in [-0.3, -0.25) is 14.5 Å². The van der Waals surface area contributed by atoms with Gasteiger partial charge < -0.3 is 20.5 Å². The maximum absolute atomic E-state index is 13.1. The van der Waals surface area contributed by atoms with Crippen LogP contribution in [0.1, 0.15) is 42.4 Å². The maximum Gasteiger partial charge on any atom is 0.416 e. The predicted molar refractivity (Wildman–Crippen MR) is 132 cm³/mol. The molecule has 3 heterocycles. The number of ether oxygens (including phenoxy) is 1. The summed E-state index contributed by atoms with van der Waals surface area (Å²) in [6.07, 6.45) is 0.289. The Hall–Kier alpha value is -3.37. The number of halogens is 3. The molecule has 0 aliphatic carbocycles. The van der Waals surface area contributed by atoms with Gasteiger partial charge in [0.05, 0.1) is 24.8 Å². The van der Waals surface area contributed by atoms with Crippen LogP contribution in [0.2, 0.25) is 0 Å². The van der Waals surface area contributed by atoms with E-state index in [-0.39, 0.29) is 37.0 Å². The molecule has 0 aromatic heterocycles. The molecule has 3 aliphatic heterocycles. The van der Waals surface area contributed by atoms with Gasteiger partial charge in [-0.25, -0.2) is 0 Å². The van der Waals surface area contributed by atoms with E-state index in [1.807, 2.05) is 6.07 Å². The largest absolute Gasteiger partial charge is 0.493 e. The number of nitrogens with one attached hydrogen (secondary N) is 2. The van der Waals surface area contributed by atoms with E-state index in [0.717, 1.165) is 37.1 Å². The Morgan fingerprint density at radius 3 is 2.84 bits per heavy atom. The summed E-state index contributed by atoms with van der Waals surface area (Å²) < 4.78 is 44.9. The molecule has 196 valence electrons. The second kappa shape index (κ2) is 10.2. The summed E-state index contributed by atoms with van der Waals surface area (Å²) in [5, 5.41) is 15.4. The number of carbonyl (C=O) groups is 2. The summed E-state index contributed by atoms with van der Waals surface area (Å²) in [5.41, 5.74) is 2.32. The van der Waals surface area contributed by atoms with Crippen molar-refractivity contribution in [2.45, 2.75) is 50.4 Å². The summed E-state index contributed by atoms with van der Waals surface area (Å²) >= 11 is 0. The standard InChI is InChI=1S/C27H28F3N3O4/c28-27(29,30)18-6-8-21-16(3-2-10-37-24(21)13-18)12-25(35)31-19-7-5-17-11-23(26(36)32-22(17)14-19)33-9-1-4-20(33)15-34/h5-8,12-14,20,23,34H,1-4,9-11,15H2,(H,31,35)(H,32,36)/b16-12+/t20-,23?/m0/s1. The van der Waals surface area contributed by atoms with Crippen LogP contribution in [-0.4, -0.2) is 53.7 Å². The number of carbonyl (C=O) groups excluding carboxylic acids is 2. The Bertz CT molecular complexity index is 1240. The third-order valence-electron chi connectivity index (χ3n) is 7.19. The van der Waals surface area contributed by atoms with Crippen molar-refractivity contribution in [2.24, 2.45) is 0 Å². The molecule has 2 aromatic rings. The SMILES string of the molecule is O=C(/C=C1\CCCOc2cc(C(F)(F)F)ccc21)Nc1ccc2c(c1)NC(=O)C(N1CCC[C@H]1CO)C2. The van der Waals surface area contributed by atoms with Crippen molar-refractivity contribution in [1.82, 2.24) is 4.90 Å². The van der Waals surface area contributed by atoms with Crippen LogP contribution in [0.5, 0.6) is 5.75 Å². The van der Waals surface area contributed by atoms with Gasteiger partial charge in [-0.15, -0.1) is 0 Å². The number of aliphatic hydroxyl groups excluding tert-OH is 1. The van der Waals surface area contributed by atoms with Crippen LogP contribution in [0.15, 0.2) is 42.5 Å². The molecule has 37 heavy (non-hydrogen) atoms. The smallest absolute Gasteiger partial charge is 0.416 e. The van der Waals surface area contributed by atoms with Gasteiger partial charge in [0.15, 0.2) is 0 Å². The quantitative estimate of drug-likeness (QED) is 0.531.